The Hall–Kier alpha value is -0.150. The molecule has 3 heteroatoms. The first-order valence-corrected chi connectivity index (χ1v) is 3.19. The van der Waals surface area contributed by atoms with Gasteiger partial charge in [-0.15, -0.1) is 0 Å². The van der Waals surface area contributed by atoms with E-state index in [2.05, 4.69) is 0 Å². The Morgan fingerprint density at radius 1 is 1.56 bits per heavy atom. The van der Waals surface area contributed by atoms with Crippen LogP contribution in [0.2, 0.25) is 0 Å². The second-order valence-electron chi connectivity index (χ2n) is 1.97. The summed E-state index contributed by atoms with van der Waals surface area (Å²) in [6, 6.07) is 0. The maximum atomic E-state index is 12.0. The van der Waals surface area contributed by atoms with Crippen molar-refractivity contribution in [3.63, 3.8) is 0 Å². The summed E-state index contributed by atoms with van der Waals surface area (Å²) >= 11 is 0. The monoisotopic (exact) mass is 135 g/mol. The van der Waals surface area contributed by atoms with Crippen molar-refractivity contribution in [2.24, 2.45) is 5.73 Å². The highest BCUT2D eigenvalue weighted by Gasteiger charge is 1.95. The van der Waals surface area contributed by atoms with Gasteiger partial charge in [0, 0.05) is 19.6 Å². The van der Waals surface area contributed by atoms with Gasteiger partial charge in [0.2, 0.25) is 0 Å². The first-order chi connectivity index (χ1) is 4.27. The third kappa shape index (κ3) is 7.85. The van der Waals surface area contributed by atoms with Crippen LogP contribution in [0, 0.1) is 0 Å². The predicted molar refractivity (Wildman–Crippen MR) is 35.1 cm³/mol. The van der Waals surface area contributed by atoms with E-state index in [9.17, 15) is 4.39 Å². The molecule has 0 bridgehead atoms. The number of alkyl halides is 1. The van der Waals surface area contributed by atoms with Gasteiger partial charge in [-0.25, -0.2) is 4.39 Å². The minimum atomic E-state index is -0.761. The second kappa shape index (κ2) is 5.98. The maximum Gasteiger partial charge on any atom is 0.0995 e. The molecule has 0 aliphatic rings. The summed E-state index contributed by atoms with van der Waals surface area (Å²) in [5.41, 5.74) is 5.13. The second-order valence-corrected chi connectivity index (χ2v) is 1.97. The SMILES string of the molecule is CC(F)CCOCCN. The molecule has 0 aliphatic carbocycles. The molecule has 0 radical (unpaired) electrons. The Labute approximate surface area is 55.2 Å². The fourth-order valence-electron chi connectivity index (χ4n) is 0.431. The van der Waals surface area contributed by atoms with Crippen LogP contribution in [-0.2, 0) is 4.74 Å². The van der Waals surface area contributed by atoms with Gasteiger partial charge in [0.25, 0.3) is 0 Å². The van der Waals surface area contributed by atoms with E-state index >= 15 is 0 Å². The Kier molecular flexibility index (Phi) is 5.88. The summed E-state index contributed by atoms with van der Waals surface area (Å²) < 4.78 is 16.9. The molecule has 1 unspecified atom stereocenters. The third-order valence-corrected chi connectivity index (χ3v) is 0.922. The van der Waals surface area contributed by atoms with Gasteiger partial charge in [-0.05, 0) is 6.92 Å². The first-order valence-electron chi connectivity index (χ1n) is 3.19. The van der Waals surface area contributed by atoms with Crippen LogP contribution in [0.25, 0.3) is 0 Å². The van der Waals surface area contributed by atoms with E-state index in [1.807, 2.05) is 0 Å². The smallest absolute Gasteiger partial charge is 0.0995 e. The normalized spacial score (nSPS) is 13.7. The standard InChI is InChI=1S/C6H14FNO/c1-6(7)2-4-9-5-3-8/h6H,2-5,8H2,1H3. The first kappa shape index (κ1) is 8.85. The molecule has 56 valence electrons. The third-order valence-electron chi connectivity index (χ3n) is 0.922. The summed E-state index contributed by atoms with van der Waals surface area (Å²) in [6.07, 6.45) is -0.289. The molecule has 2 nitrogen and oxygen atoms in total. The van der Waals surface area contributed by atoms with Crippen LogP contribution in [0.3, 0.4) is 0 Å². The van der Waals surface area contributed by atoms with E-state index in [1.54, 1.807) is 0 Å². The van der Waals surface area contributed by atoms with E-state index in [0.717, 1.165) is 0 Å². The van der Waals surface area contributed by atoms with E-state index in [1.165, 1.54) is 6.92 Å². The van der Waals surface area contributed by atoms with Crippen molar-refractivity contribution in [3.05, 3.63) is 0 Å². The lowest BCUT2D eigenvalue weighted by Gasteiger charge is -2.01. The van der Waals surface area contributed by atoms with Crippen LogP contribution in [0.5, 0.6) is 0 Å². The largest absolute Gasteiger partial charge is 0.380 e. The van der Waals surface area contributed by atoms with Crippen molar-refractivity contribution in [2.75, 3.05) is 19.8 Å². The number of hydrogen-bond donors (Lipinski definition) is 1. The highest BCUT2D eigenvalue weighted by molar-refractivity contribution is 4.44. The molecule has 0 saturated carbocycles. The van der Waals surface area contributed by atoms with E-state index in [-0.39, 0.29) is 0 Å². The van der Waals surface area contributed by atoms with Crippen LogP contribution >= 0.6 is 0 Å². The van der Waals surface area contributed by atoms with Crippen LogP contribution in [0.4, 0.5) is 4.39 Å². The Bertz CT molecular complexity index is 59.0. The average molecular weight is 135 g/mol. The minimum Gasteiger partial charge on any atom is -0.380 e. The number of nitrogens with two attached hydrogens (primary N) is 1. The molecule has 0 saturated heterocycles. The highest BCUT2D eigenvalue weighted by atomic mass is 19.1. The lowest BCUT2D eigenvalue weighted by molar-refractivity contribution is 0.121. The molecular formula is C6H14FNO. The van der Waals surface area contributed by atoms with Crippen molar-refractivity contribution in [1.29, 1.82) is 0 Å². The summed E-state index contributed by atoms with van der Waals surface area (Å²) in [6.45, 7) is 3.05. The zero-order chi connectivity index (χ0) is 7.11. The van der Waals surface area contributed by atoms with Gasteiger partial charge >= 0.3 is 0 Å². The quantitative estimate of drug-likeness (QED) is 0.563. The molecule has 0 aromatic heterocycles. The van der Waals surface area contributed by atoms with Gasteiger partial charge in [-0.2, -0.15) is 0 Å². The molecule has 0 fully saturated rings. The Balaban J connectivity index is 2.75. The van der Waals surface area contributed by atoms with Gasteiger partial charge in [-0.1, -0.05) is 0 Å². The van der Waals surface area contributed by atoms with Crippen molar-refractivity contribution in [3.8, 4) is 0 Å². The Morgan fingerprint density at radius 3 is 2.67 bits per heavy atom. The van der Waals surface area contributed by atoms with E-state index < -0.39 is 6.17 Å². The molecule has 0 heterocycles. The van der Waals surface area contributed by atoms with Gasteiger partial charge in [-0.3, -0.25) is 0 Å². The zero-order valence-corrected chi connectivity index (χ0v) is 5.77. The Morgan fingerprint density at radius 2 is 2.22 bits per heavy atom. The molecule has 0 amide bonds. The van der Waals surface area contributed by atoms with Gasteiger partial charge in [0.15, 0.2) is 0 Å². The summed E-state index contributed by atoms with van der Waals surface area (Å²) in [4.78, 5) is 0. The molecule has 2 N–H and O–H groups in total. The maximum absolute atomic E-state index is 12.0. The summed E-state index contributed by atoms with van der Waals surface area (Å²) in [5.74, 6) is 0. The fraction of sp³-hybridized carbons (Fsp3) is 1.00. The van der Waals surface area contributed by atoms with E-state index in [4.69, 9.17) is 10.5 Å². The summed E-state index contributed by atoms with van der Waals surface area (Å²) in [7, 11) is 0. The molecule has 0 aromatic carbocycles. The number of hydrogen-bond acceptors (Lipinski definition) is 2. The lowest BCUT2D eigenvalue weighted by atomic mass is 10.3. The van der Waals surface area contributed by atoms with Gasteiger partial charge in [0.1, 0.15) is 0 Å². The molecule has 9 heavy (non-hydrogen) atoms. The van der Waals surface area contributed by atoms with Gasteiger partial charge in [0.05, 0.1) is 12.8 Å². The van der Waals surface area contributed by atoms with Crippen LogP contribution in [0.1, 0.15) is 13.3 Å². The minimum absolute atomic E-state index is 0.472. The molecule has 0 spiro atoms. The van der Waals surface area contributed by atoms with Crippen LogP contribution < -0.4 is 5.73 Å². The van der Waals surface area contributed by atoms with Crippen molar-refractivity contribution < 1.29 is 9.13 Å². The van der Waals surface area contributed by atoms with Crippen molar-refractivity contribution in [1.82, 2.24) is 0 Å². The van der Waals surface area contributed by atoms with Crippen molar-refractivity contribution >= 4 is 0 Å². The molecule has 0 aliphatic heterocycles. The summed E-state index contributed by atoms with van der Waals surface area (Å²) in [5, 5.41) is 0. The van der Waals surface area contributed by atoms with Crippen LogP contribution in [0.15, 0.2) is 0 Å². The van der Waals surface area contributed by atoms with Crippen molar-refractivity contribution in [2.45, 2.75) is 19.5 Å². The predicted octanol–water partition coefficient (Wildman–Crippen LogP) is 0.710. The number of rotatable bonds is 5. The molecule has 1 atom stereocenters. The van der Waals surface area contributed by atoms with Crippen LogP contribution in [-0.4, -0.2) is 25.9 Å². The molecule has 0 aromatic rings. The van der Waals surface area contributed by atoms with Gasteiger partial charge < -0.3 is 10.5 Å². The lowest BCUT2D eigenvalue weighted by Crippen LogP contribution is -2.10. The zero-order valence-electron chi connectivity index (χ0n) is 5.77. The molecule has 0 rings (SSSR count). The topological polar surface area (TPSA) is 35.2 Å². The molecular weight excluding hydrogens is 121 g/mol. The number of ether oxygens (including phenoxy) is 1. The fourth-order valence-corrected chi connectivity index (χ4v) is 0.431. The average Bonchev–Trinajstić information content (AvgIpc) is 1.80. The van der Waals surface area contributed by atoms with E-state index in [0.29, 0.717) is 26.2 Å². The number of halogens is 1. The highest BCUT2D eigenvalue weighted by Crippen LogP contribution is 1.94.